The van der Waals surface area contributed by atoms with E-state index in [4.69, 9.17) is 16.0 Å². The Morgan fingerprint density at radius 1 is 1.35 bits per heavy atom. The first-order valence-electron chi connectivity index (χ1n) is 6.44. The Morgan fingerprint density at radius 2 is 2.20 bits per heavy atom. The Balaban J connectivity index is 1.69. The third kappa shape index (κ3) is 4.31. The molecule has 0 fully saturated rings. The molecular weight excluding hydrogens is 276 g/mol. The van der Waals surface area contributed by atoms with Gasteiger partial charge in [0.1, 0.15) is 5.76 Å². The van der Waals surface area contributed by atoms with Gasteiger partial charge < -0.3 is 15.1 Å². The number of aryl methyl sites for hydroxylation is 1. The molecule has 0 saturated carbocycles. The van der Waals surface area contributed by atoms with Crippen LogP contribution in [0.5, 0.6) is 0 Å². The van der Waals surface area contributed by atoms with Crippen LogP contribution in [-0.2, 0) is 11.3 Å². The van der Waals surface area contributed by atoms with Gasteiger partial charge in [-0.2, -0.15) is 0 Å². The molecular formula is C15H17ClN2O2. The summed E-state index contributed by atoms with van der Waals surface area (Å²) in [6.45, 7) is 2.93. The summed E-state index contributed by atoms with van der Waals surface area (Å²) in [5.74, 6) is 0.726. The lowest BCUT2D eigenvalue weighted by atomic mass is 10.2. The number of halogens is 1. The molecule has 20 heavy (non-hydrogen) atoms. The summed E-state index contributed by atoms with van der Waals surface area (Å²) in [5.41, 5.74) is 1.95. The molecule has 0 aliphatic carbocycles. The molecule has 2 aromatic rings. The summed E-state index contributed by atoms with van der Waals surface area (Å²) in [4.78, 5) is 11.6. The van der Waals surface area contributed by atoms with Crippen LogP contribution in [0, 0.1) is 6.92 Å². The van der Waals surface area contributed by atoms with Crippen molar-refractivity contribution in [1.82, 2.24) is 5.32 Å². The van der Waals surface area contributed by atoms with Crippen LogP contribution in [0.3, 0.4) is 0 Å². The largest absolute Gasteiger partial charge is 0.467 e. The average molecular weight is 293 g/mol. The van der Waals surface area contributed by atoms with E-state index in [1.165, 1.54) is 0 Å². The van der Waals surface area contributed by atoms with Crippen LogP contribution in [0.15, 0.2) is 41.0 Å². The second kappa shape index (κ2) is 7.01. The number of rotatable bonds is 6. The van der Waals surface area contributed by atoms with E-state index in [-0.39, 0.29) is 5.91 Å². The Hall–Kier alpha value is -1.94. The Labute approximate surface area is 123 Å². The highest BCUT2D eigenvalue weighted by Crippen LogP contribution is 2.19. The van der Waals surface area contributed by atoms with Gasteiger partial charge in [-0.05, 0) is 36.8 Å². The number of nitrogens with one attached hydrogen (secondary N) is 2. The zero-order valence-electron chi connectivity index (χ0n) is 11.3. The summed E-state index contributed by atoms with van der Waals surface area (Å²) in [6, 6.07) is 9.37. The van der Waals surface area contributed by atoms with Crippen LogP contribution in [0.4, 0.5) is 5.69 Å². The minimum Gasteiger partial charge on any atom is -0.467 e. The molecule has 1 amide bonds. The Morgan fingerprint density at radius 3 is 2.90 bits per heavy atom. The number of carbonyl (C=O) groups excluding carboxylic acids is 1. The Kier molecular flexibility index (Phi) is 5.07. The molecule has 0 aliphatic rings. The first-order chi connectivity index (χ1) is 9.65. The maximum Gasteiger partial charge on any atom is 0.222 e. The highest BCUT2D eigenvalue weighted by molar-refractivity contribution is 6.31. The van der Waals surface area contributed by atoms with Gasteiger partial charge in [0.2, 0.25) is 5.91 Å². The number of anilines is 1. The summed E-state index contributed by atoms with van der Waals surface area (Å²) in [6.07, 6.45) is 1.98. The number of furan rings is 1. The molecule has 0 unspecified atom stereocenters. The number of amides is 1. The van der Waals surface area contributed by atoms with Crippen molar-refractivity contribution in [1.29, 1.82) is 0 Å². The van der Waals surface area contributed by atoms with Gasteiger partial charge in [0.15, 0.2) is 0 Å². The van der Waals surface area contributed by atoms with E-state index in [1.807, 2.05) is 31.2 Å². The summed E-state index contributed by atoms with van der Waals surface area (Å²) >= 11 is 6.03. The lowest BCUT2D eigenvalue weighted by molar-refractivity contribution is -0.121. The smallest absolute Gasteiger partial charge is 0.222 e. The molecule has 106 valence electrons. The molecule has 0 spiro atoms. The van der Waals surface area contributed by atoms with Crippen LogP contribution < -0.4 is 10.6 Å². The van der Waals surface area contributed by atoms with E-state index in [2.05, 4.69) is 10.6 Å². The van der Waals surface area contributed by atoms with Gasteiger partial charge in [-0.15, -0.1) is 0 Å². The van der Waals surface area contributed by atoms with Crippen molar-refractivity contribution < 1.29 is 9.21 Å². The summed E-state index contributed by atoms with van der Waals surface area (Å²) in [5, 5.41) is 6.68. The molecule has 0 atom stereocenters. The molecule has 0 bridgehead atoms. The molecule has 0 aliphatic heterocycles. The fourth-order valence-electron chi connectivity index (χ4n) is 1.71. The predicted octanol–water partition coefficient (Wildman–Crippen LogP) is 3.36. The highest BCUT2D eigenvalue weighted by Gasteiger charge is 2.03. The molecule has 0 saturated heterocycles. The summed E-state index contributed by atoms with van der Waals surface area (Å²) < 4.78 is 5.14. The van der Waals surface area contributed by atoms with Crippen molar-refractivity contribution in [3.05, 3.63) is 52.9 Å². The minimum atomic E-state index is -0.0212. The third-order valence-electron chi connectivity index (χ3n) is 2.89. The van der Waals surface area contributed by atoms with Crippen LogP contribution >= 0.6 is 11.6 Å². The number of hydrogen-bond acceptors (Lipinski definition) is 3. The van der Waals surface area contributed by atoms with Gasteiger partial charge in [-0.25, -0.2) is 0 Å². The standard InChI is InChI=1S/C15H17ClN2O2/c1-11-4-5-12(9-14(11)16)17-7-6-15(19)18-10-13-3-2-8-20-13/h2-5,8-9,17H,6-7,10H2,1H3,(H,18,19). The van der Waals surface area contributed by atoms with Gasteiger partial charge >= 0.3 is 0 Å². The predicted molar refractivity (Wildman–Crippen MR) is 79.9 cm³/mol. The highest BCUT2D eigenvalue weighted by atomic mass is 35.5. The van der Waals surface area contributed by atoms with Crippen LogP contribution in [0.2, 0.25) is 5.02 Å². The fraction of sp³-hybridized carbons (Fsp3) is 0.267. The van der Waals surface area contributed by atoms with Crippen molar-refractivity contribution in [2.45, 2.75) is 19.9 Å². The number of hydrogen-bond donors (Lipinski definition) is 2. The number of carbonyl (C=O) groups is 1. The van der Waals surface area contributed by atoms with Crippen molar-refractivity contribution in [2.24, 2.45) is 0 Å². The van der Waals surface area contributed by atoms with E-state index < -0.39 is 0 Å². The van der Waals surface area contributed by atoms with E-state index in [0.717, 1.165) is 22.0 Å². The topological polar surface area (TPSA) is 54.3 Å². The first kappa shape index (κ1) is 14.5. The van der Waals surface area contributed by atoms with Gasteiger partial charge in [0.05, 0.1) is 12.8 Å². The maximum absolute atomic E-state index is 11.6. The van der Waals surface area contributed by atoms with Crippen LogP contribution in [0.25, 0.3) is 0 Å². The fourth-order valence-corrected chi connectivity index (χ4v) is 1.89. The SMILES string of the molecule is Cc1ccc(NCCC(=O)NCc2ccco2)cc1Cl. The zero-order valence-corrected chi connectivity index (χ0v) is 12.0. The van der Waals surface area contributed by atoms with E-state index in [9.17, 15) is 4.79 Å². The van der Waals surface area contributed by atoms with E-state index in [1.54, 1.807) is 12.3 Å². The second-order valence-electron chi connectivity index (χ2n) is 4.50. The van der Waals surface area contributed by atoms with Crippen LogP contribution in [-0.4, -0.2) is 12.5 Å². The molecule has 2 rings (SSSR count). The second-order valence-corrected chi connectivity index (χ2v) is 4.90. The quantitative estimate of drug-likeness (QED) is 0.858. The third-order valence-corrected chi connectivity index (χ3v) is 3.30. The van der Waals surface area contributed by atoms with Crippen molar-refractivity contribution in [2.75, 3.05) is 11.9 Å². The van der Waals surface area contributed by atoms with Crippen molar-refractivity contribution >= 4 is 23.2 Å². The monoisotopic (exact) mass is 292 g/mol. The Bertz CT molecular complexity index is 567. The molecule has 4 nitrogen and oxygen atoms in total. The molecule has 0 radical (unpaired) electrons. The molecule has 1 aromatic heterocycles. The zero-order chi connectivity index (χ0) is 14.4. The molecule has 5 heteroatoms. The van der Waals surface area contributed by atoms with Crippen molar-refractivity contribution in [3.63, 3.8) is 0 Å². The molecule has 2 N–H and O–H groups in total. The van der Waals surface area contributed by atoms with Gasteiger partial charge in [0, 0.05) is 23.7 Å². The molecule has 1 aromatic carbocycles. The molecule has 1 heterocycles. The number of benzene rings is 1. The van der Waals surface area contributed by atoms with E-state index in [0.29, 0.717) is 19.5 Å². The van der Waals surface area contributed by atoms with E-state index >= 15 is 0 Å². The lowest BCUT2D eigenvalue weighted by Gasteiger charge is -2.08. The van der Waals surface area contributed by atoms with Gasteiger partial charge in [-0.1, -0.05) is 17.7 Å². The van der Waals surface area contributed by atoms with Gasteiger partial charge in [-0.3, -0.25) is 4.79 Å². The minimum absolute atomic E-state index is 0.0212. The van der Waals surface area contributed by atoms with Crippen LogP contribution in [0.1, 0.15) is 17.7 Å². The lowest BCUT2D eigenvalue weighted by Crippen LogP contribution is -2.24. The average Bonchev–Trinajstić information content (AvgIpc) is 2.94. The maximum atomic E-state index is 11.6. The van der Waals surface area contributed by atoms with Gasteiger partial charge in [0.25, 0.3) is 0 Å². The normalized spacial score (nSPS) is 10.3. The van der Waals surface area contributed by atoms with Crippen molar-refractivity contribution in [3.8, 4) is 0 Å². The first-order valence-corrected chi connectivity index (χ1v) is 6.82. The summed E-state index contributed by atoms with van der Waals surface area (Å²) in [7, 11) is 0.